The van der Waals surface area contributed by atoms with E-state index in [-0.39, 0.29) is 5.82 Å². The molecule has 3 aliphatic rings. The first-order valence-electron chi connectivity index (χ1n) is 11.7. The molecule has 3 aliphatic heterocycles. The Morgan fingerprint density at radius 1 is 1.06 bits per heavy atom. The fourth-order valence-electron chi connectivity index (χ4n) is 5.61. The highest BCUT2D eigenvalue weighted by atomic mass is 19.1. The lowest BCUT2D eigenvalue weighted by Crippen LogP contribution is -2.46. The molecule has 2 bridgehead atoms. The Balaban J connectivity index is 1.40. The second-order valence-corrected chi connectivity index (χ2v) is 9.39. The number of piperidine rings is 3. The van der Waals surface area contributed by atoms with Gasteiger partial charge in [-0.2, -0.15) is 0 Å². The molecule has 0 radical (unpaired) electrons. The SMILES string of the molecule is Cc1nc(C)c2nc(-c3cccnc3)n(Cc3ccc(C4CN5CCC4CC5)c(F)c3)c2n1. The van der Waals surface area contributed by atoms with E-state index in [0.717, 1.165) is 59.0 Å². The number of imidazole rings is 1. The first-order valence-corrected chi connectivity index (χ1v) is 11.7. The highest BCUT2D eigenvalue weighted by molar-refractivity contribution is 5.79. The zero-order chi connectivity index (χ0) is 22.5. The van der Waals surface area contributed by atoms with E-state index in [9.17, 15) is 0 Å². The molecular weight excluding hydrogens is 415 g/mol. The van der Waals surface area contributed by atoms with Crippen molar-refractivity contribution in [3.05, 3.63) is 71.2 Å². The van der Waals surface area contributed by atoms with Gasteiger partial charge in [-0.1, -0.05) is 12.1 Å². The minimum absolute atomic E-state index is 0.0967. The molecule has 0 amide bonds. The van der Waals surface area contributed by atoms with Gasteiger partial charge in [-0.3, -0.25) is 4.98 Å². The molecule has 0 spiro atoms. The first-order chi connectivity index (χ1) is 16.1. The summed E-state index contributed by atoms with van der Waals surface area (Å²) in [5, 5.41) is 0. The lowest BCUT2D eigenvalue weighted by atomic mass is 9.75. The molecule has 6 heterocycles. The van der Waals surface area contributed by atoms with Gasteiger partial charge in [0.05, 0.1) is 12.2 Å². The van der Waals surface area contributed by atoms with Crippen LogP contribution in [0.4, 0.5) is 4.39 Å². The van der Waals surface area contributed by atoms with Crippen molar-refractivity contribution in [3.63, 3.8) is 0 Å². The number of halogens is 1. The first kappa shape index (κ1) is 20.4. The maximum Gasteiger partial charge on any atom is 0.164 e. The van der Waals surface area contributed by atoms with Gasteiger partial charge in [0.15, 0.2) is 5.65 Å². The normalized spacial score (nSPS) is 22.2. The molecule has 3 fully saturated rings. The van der Waals surface area contributed by atoms with E-state index in [2.05, 4.69) is 30.5 Å². The summed E-state index contributed by atoms with van der Waals surface area (Å²) >= 11 is 0. The van der Waals surface area contributed by atoms with Crippen LogP contribution in [0.5, 0.6) is 0 Å². The van der Waals surface area contributed by atoms with Crippen LogP contribution in [0, 0.1) is 25.6 Å². The Labute approximate surface area is 192 Å². The van der Waals surface area contributed by atoms with E-state index in [1.165, 1.54) is 12.8 Å². The van der Waals surface area contributed by atoms with Gasteiger partial charge in [0, 0.05) is 30.4 Å². The fourth-order valence-corrected chi connectivity index (χ4v) is 5.61. The predicted octanol–water partition coefficient (Wildman–Crippen LogP) is 4.50. The molecule has 1 unspecified atom stereocenters. The lowest BCUT2D eigenvalue weighted by Gasteiger charge is -2.45. The Hall–Kier alpha value is -3.19. The highest BCUT2D eigenvalue weighted by Crippen LogP contribution is 2.40. The van der Waals surface area contributed by atoms with Gasteiger partial charge in [-0.25, -0.2) is 19.3 Å². The van der Waals surface area contributed by atoms with Gasteiger partial charge >= 0.3 is 0 Å². The number of aromatic nitrogens is 5. The molecule has 6 nitrogen and oxygen atoms in total. The Kier molecular flexibility index (Phi) is 4.94. The van der Waals surface area contributed by atoms with Crippen molar-refractivity contribution in [2.24, 2.45) is 5.92 Å². The highest BCUT2D eigenvalue weighted by Gasteiger charge is 2.36. The van der Waals surface area contributed by atoms with Gasteiger partial charge in [-0.15, -0.1) is 0 Å². The fraction of sp³-hybridized carbons (Fsp3) is 0.385. The summed E-state index contributed by atoms with van der Waals surface area (Å²) in [6, 6.07) is 9.65. The van der Waals surface area contributed by atoms with Crippen LogP contribution < -0.4 is 0 Å². The summed E-state index contributed by atoms with van der Waals surface area (Å²) in [7, 11) is 0. The van der Waals surface area contributed by atoms with Crippen molar-refractivity contribution in [2.45, 2.75) is 39.2 Å². The molecule has 1 aromatic carbocycles. The Bertz CT molecular complexity index is 1320. The second-order valence-electron chi connectivity index (χ2n) is 9.39. The van der Waals surface area contributed by atoms with E-state index < -0.39 is 0 Å². The molecule has 0 saturated carbocycles. The van der Waals surface area contributed by atoms with E-state index in [1.54, 1.807) is 18.5 Å². The summed E-state index contributed by atoms with van der Waals surface area (Å²) in [6.07, 6.45) is 5.90. The van der Waals surface area contributed by atoms with Crippen molar-refractivity contribution < 1.29 is 4.39 Å². The van der Waals surface area contributed by atoms with E-state index in [0.29, 0.717) is 24.2 Å². The van der Waals surface area contributed by atoms with Gasteiger partial charge in [0.1, 0.15) is 23.0 Å². The molecule has 7 rings (SSSR count). The number of pyridine rings is 1. The van der Waals surface area contributed by atoms with Crippen molar-refractivity contribution in [1.29, 1.82) is 0 Å². The second kappa shape index (κ2) is 7.99. The molecule has 0 N–H and O–H groups in total. The molecule has 1 atom stereocenters. The van der Waals surface area contributed by atoms with Crippen LogP contribution in [0.3, 0.4) is 0 Å². The number of hydrogen-bond acceptors (Lipinski definition) is 5. The molecule has 4 aromatic rings. The van der Waals surface area contributed by atoms with Crippen molar-refractivity contribution in [1.82, 2.24) is 29.4 Å². The molecule has 3 saturated heterocycles. The predicted molar refractivity (Wildman–Crippen MR) is 125 cm³/mol. The maximum atomic E-state index is 15.4. The van der Waals surface area contributed by atoms with E-state index >= 15 is 4.39 Å². The van der Waals surface area contributed by atoms with E-state index in [1.807, 2.05) is 32.0 Å². The molecule has 7 heteroatoms. The third kappa shape index (κ3) is 3.60. The third-order valence-electron chi connectivity index (χ3n) is 7.26. The summed E-state index contributed by atoms with van der Waals surface area (Å²) < 4.78 is 17.4. The lowest BCUT2D eigenvalue weighted by molar-refractivity contribution is 0.0856. The van der Waals surface area contributed by atoms with Crippen LogP contribution in [-0.2, 0) is 6.54 Å². The van der Waals surface area contributed by atoms with Gasteiger partial charge < -0.3 is 9.47 Å². The average molecular weight is 443 g/mol. The standard InChI is InChI=1S/C26H27FN6/c1-16-24-26(30-17(2)29-16)33(25(31-24)20-4-3-9-28-13-20)14-18-5-6-21(23(27)12-18)22-15-32-10-7-19(22)8-11-32/h3-6,9,12-13,19,22H,7-8,10-11,14-15H2,1-2H3. The van der Waals surface area contributed by atoms with Crippen LogP contribution in [0.2, 0.25) is 0 Å². The number of aryl methyl sites for hydroxylation is 2. The van der Waals surface area contributed by atoms with Crippen LogP contribution in [0.25, 0.3) is 22.6 Å². The summed E-state index contributed by atoms with van der Waals surface area (Å²) in [4.78, 5) is 20.8. The summed E-state index contributed by atoms with van der Waals surface area (Å²) in [5.41, 5.74) is 5.03. The van der Waals surface area contributed by atoms with Gasteiger partial charge in [0.25, 0.3) is 0 Å². The van der Waals surface area contributed by atoms with E-state index in [4.69, 9.17) is 4.98 Å². The topological polar surface area (TPSA) is 59.7 Å². The molecular formula is C26H27FN6. The smallest absolute Gasteiger partial charge is 0.164 e. The zero-order valence-electron chi connectivity index (χ0n) is 19.0. The zero-order valence-corrected chi connectivity index (χ0v) is 19.0. The Morgan fingerprint density at radius 3 is 2.61 bits per heavy atom. The summed E-state index contributed by atoms with van der Waals surface area (Å²) in [5.74, 6) is 2.28. The maximum absolute atomic E-state index is 15.4. The van der Waals surface area contributed by atoms with Gasteiger partial charge in [-0.05, 0) is 75.0 Å². The quantitative estimate of drug-likeness (QED) is 0.466. The third-order valence-corrected chi connectivity index (χ3v) is 7.26. The Morgan fingerprint density at radius 2 is 1.91 bits per heavy atom. The molecule has 168 valence electrons. The minimum Gasteiger partial charge on any atom is -0.304 e. The van der Waals surface area contributed by atoms with Crippen molar-refractivity contribution in [2.75, 3.05) is 19.6 Å². The molecule has 0 aliphatic carbocycles. The molecule has 3 aromatic heterocycles. The number of benzene rings is 1. The average Bonchev–Trinajstić information content (AvgIpc) is 3.19. The number of rotatable bonds is 4. The van der Waals surface area contributed by atoms with Crippen LogP contribution in [-0.4, -0.2) is 49.0 Å². The van der Waals surface area contributed by atoms with Crippen molar-refractivity contribution >= 4 is 11.2 Å². The van der Waals surface area contributed by atoms with Crippen LogP contribution >= 0.6 is 0 Å². The molecule has 33 heavy (non-hydrogen) atoms. The summed E-state index contributed by atoms with van der Waals surface area (Å²) in [6.45, 7) is 7.61. The van der Waals surface area contributed by atoms with Crippen LogP contribution in [0.1, 0.15) is 41.4 Å². The number of fused-ring (bicyclic) bond motifs is 4. The number of nitrogens with zero attached hydrogens (tertiary/aromatic N) is 6. The van der Waals surface area contributed by atoms with Crippen LogP contribution in [0.15, 0.2) is 42.7 Å². The van der Waals surface area contributed by atoms with Crippen molar-refractivity contribution in [3.8, 4) is 11.4 Å². The largest absolute Gasteiger partial charge is 0.304 e. The van der Waals surface area contributed by atoms with Gasteiger partial charge in [0.2, 0.25) is 0 Å². The number of hydrogen-bond donors (Lipinski definition) is 0. The minimum atomic E-state index is -0.0967. The monoisotopic (exact) mass is 442 g/mol.